The predicted molar refractivity (Wildman–Crippen MR) is 73.3 cm³/mol. The largest absolute Gasteiger partial charge is 0.480 e. The fourth-order valence-corrected chi connectivity index (χ4v) is 1.53. The van der Waals surface area contributed by atoms with Gasteiger partial charge in [0, 0.05) is 12.7 Å². The second kappa shape index (κ2) is 6.55. The highest BCUT2D eigenvalue weighted by atomic mass is 16.4. The molecule has 4 N–H and O–H groups in total. The summed E-state index contributed by atoms with van der Waals surface area (Å²) in [6.45, 7) is 1.91. The molecule has 0 aliphatic rings. The van der Waals surface area contributed by atoms with E-state index in [0.29, 0.717) is 5.69 Å². The Morgan fingerprint density at radius 1 is 1.30 bits per heavy atom. The molecule has 0 radical (unpaired) electrons. The van der Waals surface area contributed by atoms with Crippen molar-refractivity contribution in [3.8, 4) is 0 Å². The standard InChI is InChI=1S/C13H17N3O4/c1-8-3-5-9(6-4-8)16(2)13(20)15-10(12(18)19)7-11(14)17/h3-6,10H,7H2,1-2H3,(H2,14,17)(H,15,20)(H,18,19). The Bertz CT molecular complexity index is 513. The van der Waals surface area contributed by atoms with Crippen LogP contribution in [-0.2, 0) is 9.59 Å². The number of rotatable bonds is 5. The average Bonchev–Trinajstić information content (AvgIpc) is 2.37. The number of carboxylic acid groups (broad SMARTS) is 1. The Morgan fingerprint density at radius 2 is 1.85 bits per heavy atom. The van der Waals surface area contributed by atoms with Crippen LogP contribution in [0.3, 0.4) is 0 Å². The van der Waals surface area contributed by atoms with Crippen LogP contribution in [0.5, 0.6) is 0 Å². The topological polar surface area (TPSA) is 113 Å². The van der Waals surface area contributed by atoms with Crippen molar-refractivity contribution in [3.05, 3.63) is 29.8 Å². The molecule has 0 aliphatic carbocycles. The SMILES string of the molecule is Cc1ccc(N(C)C(=O)NC(CC(N)=O)C(=O)O)cc1. The summed E-state index contributed by atoms with van der Waals surface area (Å²) < 4.78 is 0. The van der Waals surface area contributed by atoms with Gasteiger partial charge in [-0.15, -0.1) is 0 Å². The summed E-state index contributed by atoms with van der Waals surface area (Å²) in [4.78, 5) is 34.9. The van der Waals surface area contributed by atoms with Gasteiger partial charge in [-0.25, -0.2) is 9.59 Å². The fourth-order valence-electron chi connectivity index (χ4n) is 1.53. The molecule has 0 saturated carbocycles. The lowest BCUT2D eigenvalue weighted by atomic mass is 10.2. The van der Waals surface area contributed by atoms with Crippen molar-refractivity contribution in [2.75, 3.05) is 11.9 Å². The van der Waals surface area contributed by atoms with Gasteiger partial charge in [0.25, 0.3) is 0 Å². The number of primary amides is 1. The van der Waals surface area contributed by atoms with E-state index in [2.05, 4.69) is 5.32 Å². The number of carboxylic acids is 1. The molecule has 7 heteroatoms. The molecule has 0 spiro atoms. The average molecular weight is 279 g/mol. The number of nitrogens with two attached hydrogens (primary N) is 1. The van der Waals surface area contributed by atoms with Gasteiger partial charge < -0.3 is 16.2 Å². The molecule has 1 rings (SSSR count). The summed E-state index contributed by atoms with van der Waals surface area (Å²) >= 11 is 0. The van der Waals surface area contributed by atoms with Gasteiger partial charge in [0.05, 0.1) is 6.42 Å². The molecular weight excluding hydrogens is 262 g/mol. The molecule has 0 aliphatic heterocycles. The quantitative estimate of drug-likeness (QED) is 0.727. The van der Waals surface area contributed by atoms with Crippen molar-refractivity contribution in [1.29, 1.82) is 0 Å². The van der Waals surface area contributed by atoms with Crippen molar-refractivity contribution in [1.82, 2.24) is 5.32 Å². The molecule has 1 atom stereocenters. The van der Waals surface area contributed by atoms with Crippen molar-refractivity contribution < 1.29 is 19.5 Å². The normalized spacial score (nSPS) is 11.5. The summed E-state index contributed by atoms with van der Waals surface area (Å²) in [5.41, 5.74) is 6.59. The third kappa shape index (κ3) is 4.27. The van der Waals surface area contributed by atoms with Gasteiger partial charge >= 0.3 is 12.0 Å². The lowest BCUT2D eigenvalue weighted by molar-refractivity contribution is -0.140. The number of anilines is 1. The van der Waals surface area contributed by atoms with Crippen LogP contribution in [0, 0.1) is 6.92 Å². The van der Waals surface area contributed by atoms with E-state index in [0.717, 1.165) is 5.56 Å². The van der Waals surface area contributed by atoms with Crippen molar-refractivity contribution in [3.63, 3.8) is 0 Å². The number of amides is 3. The molecule has 0 saturated heterocycles. The number of hydrogen-bond acceptors (Lipinski definition) is 3. The first-order chi connectivity index (χ1) is 9.31. The number of nitrogens with zero attached hydrogens (tertiary/aromatic N) is 1. The second-order valence-electron chi connectivity index (χ2n) is 4.41. The molecule has 0 aromatic heterocycles. The zero-order chi connectivity index (χ0) is 15.3. The highest BCUT2D eigenvalue weighted by molar-refractivity contribution is 5.95. The maximum atomic E-state index is 11.9. The summed E-state index contributed by atoms with van der Waals surface area (Å²) in [5, 5.41) is 11.2. The number of carbonyl (C=O) groups is 3. The van der Waals surface area contributed by atoms with E-state index < -0.39 is 30.4 Å². The molecule has 108 valence electrons. The van der Waals surface area contributed by atoms with E-state index in [1.807, 2.05) is 19.1 Å². The first-order valence-corrected chi connectivity index (χ1v) is 5.93. The van der Waals surface area contributed by atoms with E-state index in [1.54, 1.807) is 12.1 Å². The minimum absolute atomic E-state index is 0.456. The minimum Gasteiger partial charge on any atom is -0.480 e. The minimum atomic E-state index is -1.34. The third-order valence-electron chi connectivity index (χ3n) is 2.73. The van der Waals surface area contributed by atoms with Crippen LogP contribution in [0.1, 0.15) is 12.0 Å². The summed E-state index contributed by atoms with van der Waals surface area (Å²) in [6, 6.07) is 5.17. The Balaban J connectivity index is 2.75. The third-order valence-corrected chi connectivity index (χ3v) is 2.73. The van der Waals surface area contributed by atoms with Gasteiger partial charge in [0.2, 0.25) is 5.91 Å². The molecule has 1 unspecified atom stereocenters. The van der Waals surface area contributed by atoms with Crippen LogP contribution in [0.25, 0.3) is 0 Å². The molecule has 20 heavy (non-hydrogen) atoms. The van der Waals surface area contributed by atoms with Crippen LogP contribution in [0.15, 0.2) is 24.3 Å². The molecule has 1 aromatic carbocycles. The summed E-state index contributed by atoms with van der Waals surface area (Å²) in [7, 11) is 1.50. The van der Waals surface area contributed by atoms with Gasteiger partial charge in [0.1, 0.15) is 6.04 Å². The number of aryl methyl sites for hydroxylation is 1. The Kier molecular flexibility index (Phi) is 5.08. The van der Waals surface area contributed by atoms with E-state index in [1.165, 1.54) is 11.9 Å². The first kappa shape index (κ1) is 15.5. The van der Waals surface area contributed by atoms with E-state index in [-0.39, 0.29) is 0 Å². The molecular formula is C13H17N3O4. The zero-order valence-corrected chi connectivity index (χ0v) is 11.3. The van der Waals surface area contributed by atoms with Crippen molar-refractivity contribution in [2.45, 2.75) is 19.4 Å². The maximum Gasteiger partial charge on any atom is 0.326 e. The second-order valence-corrected chi connectivity index (χ2v) is 4.41. The summed E-state index contributed by atoms with van der Waals surface area (Å²) in [6.07, 6.45) is -0.456. The van der Waals surface area contributed by atoms with Gasteiger partial charge in [-0.05, 0) is 19.1 Å². The Hall–Kier alpha value is -2.57. The molecule has 0 heterocycles. The van der Waals surface area contributed by atoms with Crippen LogP contribution in [-0.4, -0.2) is 36.1 Å². The van der Waals surface area contributed by atoms with E-state index in [4.69, 9.17) is 10.8 Å². The number of benzene rings is 1. The smallest absolute Gasteiger partial charge is 0.326 e. The van der Waals surface area contributed by atoms with Crippen molar-refractivity contribution in [2.24, 2.45) is 5.73 Å². The Morgan fingerprint density at radius 3 is 2.30 bits per heavy atom. The van der Waals surface area contributed by atoms with Gasteiger partial charge in [-0.3, -0.25) is 9.69 Å². The van der Waals surface area contributed by atoms with Crippen LogP contribution < -0.4 is 16.0 Å². The lowest BCUT2D eigenvalue weighted by Gasteiger charge is -2.21. The molecule has 3 amide bonds. The monoisotopic (exact) mass is 279 g/mol. The van der Waals surface area contributed by atoms with Gasteiger partial charge in [-0.2, -0.15) is 0 Å². The highest BCUT2D eigenvalue weighted by Gasteiger charge is 2.24. The number of carbonyl (C=O) groups excluding carboxylic acids is 2. The fraction of sp³-hybridized carbons (Fsp3) is 0.308. The summed E-state index contributed by atoms with van der Waals surface area (Å²) in [5.74, 6) is -2.11. The van der Waals surface area contributed by atoms with Crippen molar-refractivity contribution >= 4 is 23.6 Å². The van der Waals surface area contributed by atoms with Gasteiger partial charge in [0.15, 0.2) is 0 Å². The van der Waals surface area contributed by atoms with E-state index in [9.17, 15) is 14.4 Å². The molecule has 0 bridgehead atoms. The zero-order valence-electron chi connectivity index (χ0n) is 11.3. The van der Waals surface area contributed by atoms with Crippen LogP contribution in [0.2, 0.25) is 0 Å². The number of urea groups is 1. The molecule has 7 nitrogen and oxygen atoms in total. The van der Waals surface area contributed by atoms with Gasteiger partial charge in [-0.1, -0.05) is 17.7 Å². The first-order valence-electron chi connectivity index (χ1n) is 5.93. The van der Waals surface area contributed by atoms with Crippen LogP contribution >= 0.6 is 0 Å². The Labute approximate surface area is 116 Å². The number of nitrogens with one attached hydrogen (secondary N) is 1. The number of hydrogen-bond donors (Lipinski definition) is 3. The lowest BCUT2D eigenvalue weighted by Crippen LogP contribution is -2.48. The van der Waals surface area contributed by atoms with E-state index >= 15 is 0 Å². The number of aliphatic carboxylic acids is 1. The van der Waals surface area contributed by atoms with Crippen LogP contribution in [0.4, 0.5) is 10.5 Å². The predicted octanol–water partition coefficient (Wildman–Crippen LogP) is 0.469. The highest BCUT2D eigenvalue weighted by Crippen LogP contribution is 2.13. The maximum absolute atomic E-state index is 11.9. The molecule has 0 fully saturated rings. The molecule has 1 aromatic rings.